The molecule has 25 heavy (non-hydrogen) atoms. The molecule has 0 aliphatic rings. The molecule has 6 nitrogen and oxygen atoms in total. The fraction of sp³-hybridized carbons (Fsp3) is 0.263. The zero-order valence-corrected chi connectivity index (χ0v) is 14.4. The van der Waals surface area contributed by atoms with Crippen molar-refractivity contribution in [2.75, 3.05) is 26.1 Å². The van der Waals surface area contributed by atoms with Crippen molar-refractivity contribution in [3.05, 3.63) is 59.7 Å². The summed E-state index contributed by atoms with van der Waals surface area (Å²) in [6.07, 6.45) is 0.282. The van der Waals surface area contributed by atoms with Crippen molar-refractivity contribution in [2.45, 2.75) is 13.0 Å². The first-order valence-corrected chi connectivity index (χ1v) is 7.95. The number of benzene rings is 2. The molecule has 0 bridgehead atoms. The Labute approximate surface area is 147 Å². The molecule has 2 aromatic carbocycles. The molecule has 0 saturated carbocycles. The highest BCUT2D eigenvalue weighted by Crippen LogP contribution is 2.17. The van der Waals surface area contributed by atoms with Gasteiger partial charge in [-0.15, -0.1) is 0 Å². The highest BCUT2D eigenvalue weighted by atomic mass is 16.5. The predicted octanol–water partition coefficient (Wildman–Crippen LogP) is 2.60. The number of amides is 1. The van der Waals surface area contributed by atoms with Crippen LogP contribution in [0, 0.1) is 0 Å². The molecule has 132 valence electrons. The lowest BCUT2D eigenvalue weighted by atomic mass is 10.1. The number of ether oxygens (including phenoxy) is 2. The lowest BCUT2D eigenvalue weighted by Crippen LogP contribution is -2.22. The monoisotopic (exact) mass is 342 g/mol. The smallest absolute Gasteiger partial charge is 0.339 e. The molecular weight excluding hydrogens is 320 g/mol. The van der Waals surface area contributed by atoms with Gasteiger partial charge in [0.15, 0.2) is 0 Å². The first-order valence-electron chi connectivity index (χ1n) is 7.95. The molecule has 0 heterocycles. The van der Waals surface area contributed by atoms with Gasteiger partial charge in [0.2, 0.25) is 5.91 Å². The third-order valence-corrected chi connectivity index (χ3v) is 3.64. The zero-order chi connectivity index (χ0) is 18.1. The number of rotatable bonds is 8. The Morgan fingerprint density at radius 3 is 2.48 bits per heavy atom. The fourth-order valence-corrected chi connectivity index (χ4v) is 2.37. The standard InChI is InChI=1S/C19H22N2O4/c1-24-17-10-6-3-7-14(17)13-20-12-11-18(22)21-16-9-5-4-8-15(16)19(23)25-2/h3-10,20H,11-13H2,1-2H3,(H,21,22). The van der Waals surface area contributed by atoms with Crippen LogP contribution in [0.25, 0.3) is 0 Å². The van der Waals surface area contributed by atoms with Crippen LogP contribution in [-0.4, -0.2) is 32.6 Å². The number of hydrogen-bond donors (Lipinski definition) is 2. The van der Waals surface area contributed by atoms with Gasteiger partial charge in [0.1, 0.15) is 5.75 Å². The van der Waals surface area contributed by atoms with E-state index >= 15 is 0 Å². The molecule has 0 unspecified atom stereocenters. The second-order valence-corrected chi connectivity index (χ2v) is 5.32. The lowest BCUT2D eigenvalue weighted by molar-refractivity contribution is -0.116. The Kier molecular flexibility index (Phi) is 6.98. The number of hydrogen-bond acceptors (Lipinski definition) is 5. The Bertz CT molecular complexity index is 731. The molecule has 0 radical (unpaired) electrons. The lowest BCUT2D eigenvalue weighted by Gasteiger charge is -2.11. The van der Waals surface area contributed by atoms with Crippen molar-refractivity contribution >= 4 is 17.6 Å². The molecular formula is C19H22N2O4. The van der Waals surface area contributed by atoms with Crippen LogP contribution in [0.5, 0.6) is 5.75 Å². The van der Waals surface area contributed by atoms with Crippen molar-refractivity contribution in [2.24, 2.45) is 0 Å². The fourth-order valence-electron chi connectivity index (χ4n) is 2.37. The van der Waals surface area contributed by atoms with E-state index in [9.17, 15) is 9.59 Å². The van der Waals surface area contributed by atoms with Gasteiger partial charge in [0.05, 0.1) is 25.5 Å². The molecule has 0 atom stereocenters. The molecule has 0 spiro atoms. The molecule has 0 aliphatic heterocycles. The minimum Gasteiger partial charge on any atom is -0.496 e. The van der Waals surface area contributed by atoms with Crippen LogP contribution in [0.4, 0.5) is 5.69 Å². The molecule has 2 rings (SSSR count). The first-order chi connectivity index (χ1) is 12.2. The van der Waals surface area contributed by atoms with E-state index in [4.69, 9.17) is 9.47 Å². The molecule has 1 amide bonds. The highest BCUT2D eigenvalue weighted by Gasteiger charge is 2.13. The average Bonchev–Trinajstić information content (AvgIpc) is 2.65. The Morgan fingerprint density at radius 1 is 1.00 bits per heavy atom. The molecule has 6 heteroatoms. The maximum absolute atomic E-state index is 12.1. The van der Waals surface area contributed by atoms with Gasteiger partial charge < -0.3 is 20.1 Å². The Balaban J connectivity index is 1.83. The third-order valence-electron chi connectivity index (χ3n) is 3.64. The molecule has 2 N–H and O–H groups in total. The normalized spacial score (nSPS) is 10.2. The van der Waals surface area contributed by atoms with Crippen LogP contribution in [-0.2, 0) is 16.1 Å². The number of nitrogens with one attached hydrogen (secondary N) is 2. The highest BCUT2D eigenvalue weighted by molar-refractivity contribution is 6.01. The minimum atomic E-state index is -0.481. The molecule has 0 saturated heterocycles. The van der Waals surface area contributed by atoms with Crippen LogP contribution in [0.1, 0.15) is 22.3 Å². The topological polar surface area (TPSA) is 76.7 Å². The van der Waals surface area contributed by atoms with Gasteiger partial charge in [-0.25, -0.2) is 4.79 Å². The number of carbonyl (C=O) groups is 2. The van der Waals surface area contributed by atoms with Gasteiger partial charge in [-0.3, -0.25) is 4.79 Å². The van der Waals surface area contributed by atoms with Crippen LogP contribution in [0.3, 0.4) is 0 Å². The Hall–Kier alpha value is -2.86. The average molecular weight is 342 g/mol. The van der Waals surface area contributed by atoms with Gasteiger partial charge in [-0.05, 0) is 18.2 Å². The summed E-state index contributed by atoms with van der Waals surface area (Å²) in [6, 6.07) is 14.5. The van der Waals surface area contributed by atoms with Gasteiger partial charge in [0.25, 0.3) is 0 Å². The molecule has 0 fully saturated rings. The van der Waals surface area contributed by atoms with Gasteiger partial charge in [0, 0.05) is 25.1 Å². The number of carbonyl (C=O) groups excluding carboxylic acids is 2. The SMILES string of the molecule is COC(=O)c1ccccc1NC(=O)CCNCc1ccccc1OC. The summed E-state index contributed by atoms with van der Waals surface area (Å²) in [4.78, 5) is 23.8. The number of anilines is 1. The van der Waals surface area contributed by atoms with E-state index in [2.05, 4.69) is 10.6 Å². The number of methoxy groups -OCH3 is 2. The third kappa shape index (κ3) is 5.32. The van der Waals surface area contributed by atoms with Crippen molar-refractivity contribution in [1.82, 2.24) is 5.32 Å². The van der Waals surface area contributed by atoms with E-state index in [0.29, 0.717) is 24.3 Å². The van der Waals surface area contributed by atoms with Crippen LogP contribution in [0.15, 0.2) is 48.5 Å². The largest absolute Gasteiger partial charge is 0.496 e. The first kappa shape index (κ1) is 18.5. The summed E-state index contributed by atoms with van der Waals surface area (Å²) in [7, 11) is 2.94. The van der Waals surface area contributed by atoms with Crippen molar-refractivity contribution in [1.29, 1.82) is 0 Å². The summed E-state index contributed by atoms with van der Waals surface area (Å²) < 4.78 is 10.00. The van der Waals surface area contributed by atoms with E-state index in [1.54, 1.807) is 31.4 Å². The van der Waals surface area contributed by atoms with E-state index in [-0.39, 0.29) is 12.3 Å². The second kappa shape index (κ2) is 9.44. The molecule has 0 aliphatic carbocycles. The Morgan fingerprint density at radius 2 is 1.72 bits per heavy atom. The quantitative estimate of drug-likeness (QED) is 0.570. The van der Waals surface area contributed by atoms with Crippen LogP contribution >= 0.6 is 0 Å². The van der Waals surface area contributed by atoms with Gasteiger partial charge in [-0.2, -0.15) is 0 Å². The van der Waals surface area contributed by atoms with E-state index in [1.807, 2.05) is 24.3 Å². The van der Waals surface area contributed by atoms with Crippen molar-refractivity contribution < 1.29 is 19.1 Å². The summed E-state index contributed by atoms with van der Waals surface area (Å²) in [5.41, 5.74) is 1.81. The van der Waals surface area contributed by atoms with E-state index in [1.165, 1.54) is 7.11 Å². The maximum Gasteiger partial charge on any atom is 0.339 e. The maximum atomic E-state index is 12.1. The number of esters is 1. The van der Waals surface area contributed by atoms with Crippen LogP contribution in [0.2, 0.25) is 0 Å². The van der Waals surface area contributed by atoms with Crippen LogP contribution < -0.4 is 15.4 Å². The second-order valence-electron chi connectivity index (χ2n) is 5.32. The molecule has 2 aromatic rings. The van der Waals surface area contributed by atoms with Crippen molar-refractivity contribution in [3.8, 4) is 5.75 Å². The van der Waals surface area contributed by atoms with Gasteiger partial charge in [-0.1, -0.05) is 30.3 Å². The minimum absolute atomic E-state index is 0.177. The van der Waals surface area contributed by atoms with E-state index in [0.717, 1.165) is 11.3 Å². The summed E-state index contributed by atoms with van der Waals surface area (Å²) in [5, 5.41) is 5.95. The number of para-hydroxylation sites is 2. The molecule has 0 aromatic heterocycles. The van der Waals surface area contributed by atoms with E-state index < -0.39 is 5.97 Å². The summed E-state index contributed by atoms with van der Waals surface area (Å²) in [5.74, 6) is 0.153. The zero-order valence-electron chi connectivity index (χ0n) is 14.4. The predicted molar refractivity (Wildman–Crippen MR) is 95.7 cm³/mol. The summed E-state index contributed by atoms with van der Waals surface area (Å²) in [6.45, 7) is 1.11. The van der Waals surface area contributed by atoms with Crippen molar-refractivity contribution in [3.63, 3.8) is 0 Å². The van der Waals surface area contributed by atoms with Gasteiger partial charge >= 0.3 is 5.97 Å². The summed E-state index contributed by atoms with van der Waals surface area (Å²) >= 11 is 0.